The number of aromatic amines is 1. The summed E-state index contributed by atoms with van der Waals surface area (Å²) in [5.41, 5.74) is -0.297. The third-order valence-electron chi connectivity index (χ3n) is 2.50. The molecule has 2 heterocycles. The number of imide groups is 1. The number of rotatable bonds is 6. The van der Waals surface area contributed by atoms with Crippen molar-refractivity contribution >= 4 is 34.9 Å². The van der Waals surface area contributed by atoms with E-state index in [2.05, 4.69) is 15.5 Å². The lowest BCUT2D eigenvalue weighted by atomic mass is 10.4. The first-order valence-electron chi connectivity index (χ1n) is 6.27. The molecule has 0 aromatic carbocycles. The first kappa shape index (κ1) is 15.5. The molecule has 0 fully saturated rings. The maximum absolute atomic E-state index is 11.7. The topological polar surface area (TPSA) is 96.8 Å². The summed E-state index contributed by atoms with van der Waals surface area (Å²) in [7, 11) is 0. The van der Waals surface area contributed by atoms with Crippen LogP contribution in [0.4, 0.5) is 0 Å². The Kier molecular flexibility index (Phi) is 5.34. The molecule has 0 saturated carbocycles. The molecule has 21 heavy (non-hydrogen) atoms. The molecule has 0 aliphatic rings. The van der Waals surface area contributed by atoms with E-state index in [0.717, 1.165) is 18.2 Å². The Hall–Kier alpha value is -1.87. The van der Waals surface area contributed by atoms with E-state index in [4.69, 9.17) is 0 Å². The summed E-state index contributed by atoms with van der Waals surface area (Å²) in [5, 5.41) is 10.7. The second-order valence-electron chi connectivity index (χ2n) is 4.11. The van der Waals surface area contributed by atoms with Crippen LogP contribution in [0.25, 0.3) is 0 Å². The van der Waals surface area contributed by atoms with E-state index in [-0.39, 0.29) is 11.4 Å². The second-order valence-corrected chi connectivity index (χ2v) is 6.00. The van der Waals surface area contributed by atoms with Crippen LogP contribution in [-0.2, 0) is 11.3 Å². The van der Waals surface area contributed by atoms with Gasteiger partial charge in [-0.15, -0.1) is 16.4 Å². The second kappa shape index (κ2) is 7.23. The van der Waals surface area contributed by atoms with E-state index in [1.807, 2.05) is 6.92 Å². The van der Waals surface area contributed by atoms with Gasteiger partial charge in [-0.05, 0) is 17.9 Å². The SMILES string of the molecule is CCCn1c(SCC(=O)NC(=O)c2cccs2)n[nH]c1=O. The molecule has 112 valence electrons. The predicted molar refractivity (Wildman–Crippen MR) is 80.7 cm³/mol. The largest absolute Gasteiger partial charge is 0.343 e. The van der Waals surface area contributed by atoms with Crippen molar-refractivity contribution in [1.82, 2.24) is 20.1 Å². The molecule has 0 bridgehead atoms. The van der Waals surface area contributed by atoms with Crippen LogP contribution < -0.4 is 11.0 Å². The monoisotopic (exact) mass is 326 g/mol. The van der Waals surface area contributed by atoms with Gasteiger partial charge in [-0.3, -0.25) is 19.5 Å². The molecule has 0 radical (unpaired) electrons. The number of thioether (sulfide) groups is 1. The molecule has 2 aromatic rings. The maximum atomic E-state index is 11.7. The van der Waals surface area contributed by atoms with Crippen molar-refractivity contribution in [2.45, 2.75) is 25.0 Å². The number of carbonyl (C=O) groups is 2. The standard InChI is InChI=1S/C12H14N4O3S2/c1-2-5-16-11(19)14-15-12(16)21-7-9(17)13-10(18)8-4-3-6-20-8/h3-4,6H,2,5,7H2,1H3,(H,14,19)(H,13,17,18). The molecular weight excluding hydrogens is 312 g/mol. The number of hydrogen-bond donors (Lipinski definition) is 2. The predicted octanol–water partition coefficient (Wildman–Crippen LogP) is 1.09. The lowest BCUT2D eigenvalue weighted by Gasteiger charge is -2.04. The van der Waals surface area contributed by atoms with E-state index in [1.165, 1.54) is 15.9 Å². The minimum atomic E-state index is -0.420. The zero-order valence-corrected chi connectivity index (χ0v) is 12.9. The summed E-state index contributed by atoms with van der Waals surface area (Å²) in [6.45, 7) is 2.48. The third kappa shape index (κ3) is 4.05. The number of thiophene rings is 1. The van der Waals surface area contributed by atoms with Crippen molar-refractivity contribution in [2.24, 2.45) is 0 Å². The summed E-state index contributed by atoms with van der Waals surface area (Å²) in [4.78, 5) is 35.4. The van der Waals surface area contributed by atoms with Crippen LogP contribution in [0, 0.1) is 0 Å². The number of nitrogens with zero attached hydrogens (tertiary/aromatic N) is 2. The molecule has 0 saturated heterocycles. The fraction of sp³-hybridized carbons (Fsp3) is 0.333. The minimum Gasteiger partial charge on any atom is -0.291 e. The van der Waals surface area contributed by atoms with Crippen LogP contribution in [-0.4, -0.2) is 32.3 Å². The molecule has 0 atom stereocenters. The summed E-state index contributed by atoms with van der Waals surface area (Å²) >= 11 is 2.38. The number of nitrogens with one attached hydrogen (secondary N) is 2. The number of H-pyrrole nitrogens is 1. The molecule has 0 unspecified atom stereocenters. The first-order valence-corrected chi connectivity index (χ1v) is 8.14. The molecule has 2 rings (SSSR count). The van der Waals surface area contributed by atoms with Crippen molar-refractivity contribution in [3.8, 4) is 0 Å². The molecule has 2 N–H and O–H groups in total. The average molecular weight is 326 g/mol. The lowest BCUT2D eigenvalue weighted by molar-refractivity contribution is -0.117. The van der Waals surface area contributed by atoms with Gasteiger partial charge in [-0.2, -0.15) is 0 Å². The molecule has 0 aliphatic heterocycles. The van der Waals surface area contributed by atoms with Gasteiger partial charge in [0.15, 0.2) is 5.16 Å². The number of amides is 2. The number of carbonyl (C=O) groups excluding carboxylic acids is 2. The Morgan fingerprint density at radius 1 is 1.52 bits per heavy atom. The summed E-state index contributed by atoms with van der Waals surface area (Å²) < 4.78 is 1.47. The van der Waals surface area contributed by atoms with Crippen molar-refractivity contribution in [3.63, 3.8) is 0 Å². The molecule has 7 nitrogen and oxygen atoms in total. The Morgan fingerprint density at radius 2 is 2.33 bits per heavy atom. The molecule has 9 heteroatoms. The number of aromatic nitrogens is 3. The van der Waals surface area contributed by atoms with Gasteiger partial charge < -0.3 is 0 Å². The van der Waals surface area contributed by atoms with Gasteiger partial charge in [0.05, 0.1) is 10.6 Å². The molecular formula is C12H14N4O3S2. The van der Waals surface area contributed by atoms with Gasteiger partial charge >= 0.3 is 5.69 Å². The van der Waals surface area contributed by atoms with Crippen molar-refractivity contribution in [1.29, 1.82) is 0 Å². The van der Waals surface area contributed by atoms with Crippen LogP contribution in [0.1, 0.15) is 23.0 Å². The quantitative estimate of drug-likeness (QED) is 0.775. The van der Waals surface area contributed by atoms with Gasteiger partial charge in [-0.1, -0.05) is 24.8 Å². The minimum absolute atomic E-state index is 0.0190. The molecule has 2 amide bonds. The van der Waals surface area contributed by atoms with Gasteiger partial charge in [0.1, 0.15) is 0 Å². The third-order valence-corrected chi connectivity index (χ3v) is 4.35. The van der Waals surface area contributed by atoms with E-state index in [1.54, 1.807) is 17.5 Å². The van der Waals surface area contributed by atoms with Gasteiger partial charge in [0, 0.05) is 6.54 Å². The van der Waals surface area contributed by atoms with Crippen molar-refractivity contribution in [3.05, 3.63) is 32.9 Å². The Morgan fingerprint density at radius 3 is 3.00 bits per heavy atom. The number of hydrogen-bond acceptors (Lipinski definition) is 6. The van der Waals surface area contributed by atoms with Gasteiger partial charge in [-0.25, -0.2) is 9.89 Å². The lowest BCUT2D eigenvalue weighted by Crippen LogP contribution is -2.31. The highest BCUT2D eigenvalue weighted by molar-refractivity contribution is 7.99. The summed E-state index contributed by atoms with van der Waals surface area (Å²) in [5.74, 6) is -0.814. The molecule has 0 aliphatic carbocycles. The zero-order valence-electron chi connectivity index (χ0n) is 11.3. The van der Waals surface area contributed by atoms with Crippen LogP contribution in [0.5, 0.6) is 0 Å². The van der Waals surface area contributed by atoms with E-state index in [9.17, 15) is 14.4 Å². The zero-order chi connectivity index (χ0) is 15.2. The van der Waals surface area contributed by atoms with Crippen molar-refractivity contribution < 1.29 is 9.59 Å². The smallest absolute Gasteiger partial charge is 0.291 e. The van der Waals surface area contributed by atoms with Crippen LogP contribution in [0.3, 0.4) is 0 Å². The first-order chi connectivity index (χ1) is 10.1. The summed E-state index contributed by atoms with van der Waals surface area (Å²) in [6.07, 6.45) is 0.788. The van der Waals surface area contributed by atoms with Gasteiger partial charge in [0.25, 0.3) is 5.91 Å². The van der Waals surface area contributed by atoms with Crippen LogP contribution in [0.2, 0.25) is 0 Å². The molecule has 0 spiro atoms. The van der Waals surface area contributed by atoms with Crippen LogP contribution >= 0.6 is 23.1 Å². The van der Waals surface area contributed by atoms with Gasteiger partial charge in [0.2, 0.25) is 5.91 Å². The fourth-order valence-corrected chi connectivity index (χ4v) is 2.99. The highest BCUT2D eigenvalue weighted by Gasteiger charge is 2.14. The summed E-state index contributed by atoms with van der Waals surface area (Å²) in [6, 6.07) is 3.39. The fourth-order valence-electron chi connectivity index (χ4n) is 1.60. The Balaban J connectivity index is 1.90. The van der Waals surface area contributed by atoms with E-state index in [0.29, 0.717) is 16.6 Å². The van der Waals surface area contributed by atoms with Crippen LogP contribution in [0.15, 0.2) is 27.5 Å². The normalized spacial score (nSPS) is 10.5. The maximum Gasteiger partial charge on any atom is 0.343 e. The highest BCUT2D eigenvalue weighted by Crippen LogP contribution is 2.13. The average Bonchev–Trinajstić information content (AvgIpc) is 3.09. The molecule has 2 aromatic heterocycles. The Labute approximate surface area is 128 Å². The highest BCUT2D eigenvalue weighted by atomic mass is 32.2. The van der Waals surface area contributed by atoms with E-state index >= 15 is 0 Å². The van der Waals surface area contributed by atoms with Crippen molar-refractivity contribution in [2.75, 3.05) is 5.75 Å². The van der Waals surface area contributed by atoms with E-state index < -0.39 is 11.8 Å². The Bertz CT molecular complexity index is 675.